The van der Waals surface area contributed by atoms with Crippen LogP contribution in [0.25, 0.3) is 0 Å². The molecular formula is C36H62N3O29P. The Bertz CT molecular complexity index is 1740. The first-order chi connectivity index (χ1) is 32.3. The summed E-state index contributed by atoms with van der Waals surface area (Å²) in [6, 6.07) is -5.25. The van der Waals surface area contributed by atoms with E-state index in [1.165, 1.54) is 0 Å². The van der Waals surface area contributed by atoms with Crippen molar-refractivity contribution >= 4 is 25.5 Å². The zero-order valence-electron chi connectivity index (χ0n) is 36.8. The van der Waals surface area contributed by atoms with Gasteiger partial charge >= 0.3 is 7.82 Å². The van der Waals surface area contributed by atoms with Gasteiger partial charge in [0.05, 0.1) is 33.0 Å². The van der Waals surface area contributed by atoms with Gasteiger partial charge in [-0.2, -0.15) is 0 Å². The highest BCUT2D eigenvalue weighted by Crippen LogP contribution is 2.39. The fourth-order valence-electron chi connectivity index (χ4n) is 8.40. The molecule has 0 aromatic carbocycles. The van der Waals surface area contributed by atoms with Gasteiger partial charge in [0.25, 0.3) is 0 Å². The van der Waals surface area contributed by atoms with Crippen molar-refractivity contribution in [1.82, 2.24) is 16.0 Å². The summed E-state index contributed by atoms with van der Waals surface area (Å²) >= 11 is 0. The molecule has 3 amide bonds. The van der Waals surface area contributed by atoms with Crippen molar-refractivity contribution in [1.29, 1.82) is 0 Å². The normalized spacial score (nSPS) is 45.3. The van der Waals surface area contributed by atoms with Crippen LogP contribution in [-0.4, -0.2) is 280 Å². The first-order valence-corrected chi connectivity index (χ1v) is 22.9. The van der Waals surface area contributed by atoms with Crippen LogP contribution in [0.15, 0.2) is 0 Å². The highest BCUT2D eigenvalue weighted by molar-refractivity contribution is 7.46. The van der Waals surface area contributed by atoms with E-state index in [1.54, 1.807) is 0 Å². The summed E-state index contributed by atoms with van der Waals surface area (Å²) in [7, 11) is -5.42. The minimum Gasteiger partial charge on any atom is -0.394 e. The van der Waals surface area contributed by atoms with E-state index in [9.17, 15) is 95.1 Å². The summed E-state index contributed by atoms with van der Waals surface area (Å²) in [5, 5.41) is 146. The smallest absolute Gasteiger partial charge is 0.394 e. The second kappa shape index (κ2) is 24.6. The van der Waals surface area contributed by atoms with E-state index in [0.29, 0.717) is 0 Å². The molecule has 5 heterocycles. The predicted octanol–water partition coefficient (Wildman–Crippen LogP) is -11.4. The summed E-state index contributed by atoms with van der Waals surface area (Å²) in [4.78, 5) is 56.6. The number of hydrogen-bond acceptors (Lipinski definition) is 27. The Labute approximate surface area is 390 Å². The summed E-state index contributed by atoms with van der Waals surface area (Å²) < 4.78 is 68.1. The van der Waals surface area contributed by atoms with E-state index in [1.807, 2.05) is 0 Å². The summed E-state index contributed by atoms with van der Waals surface area (Å²) in [5.74, 6) is -2.52. The maximum Gasteiger partial charge on any atom is 0.469 e. The number of phosphoric acid groups is 1. The highest BCUT2D eigenvalue weighted by Gasteiger charge is 2.57. The Hall–Kier alpha value is -2.36. The van der Waals surface area contributed by atoms with E-state index in [4.69, 9.17) is 42.6 Å². The summed E-state index contributed by atoms with van der Waals surface area (Å²) in [5.41, 5.74) is 0. The predicted molar refractivity (Wildman–Crippen MR) is 212 cm³/mol. The van der Waals surface area contributed by atoms with Gasteiger partial charge < -0.3 is 135 Å². The van der Waals surface area contributed by atoms with Crippen LogP contribution >= 0.6 is 7.82 Å². The number of aliphatic hydroxyl groups excluding tert-OH is 13. The molecule has 69 heavy (non-hydrogen) atoms. The molecular weight excluding hydrogens is 969 g/mol. The van der Waals surface area contributed by atoms with Crippen molar-refractivity contribution < 1.29 is 142 Å². The first kappa shape index (κ1) is 57.5. The number of nitrogens with one attached hydrogen (secondary N) is 3. The molecule has 0 radical (unpaired) electrons. The van der Waals surface area contributed by atoms with Gasteiger partial charge in [-0.15, -0.1) is 0 Å². The van der Waals surface area contributed by atoms with Crippen molar-refractivity contribution in [2.45, 2.75) is 174 Å². The number of aliphatic hydroxyl groups is 13. The van der Waals surface area contributed by atoms with Gasteiger partial charge in [-0.1, -0.05) is 0 Å². The minimum atomic E-state index is -5.42. The molecule has 0 spiro atoms. The van der Waals surface area contributed by atoms with Crippen LogP contribution in [0.4, 0.5) is 0 Å². The topological polar surface area (TPSA) is 500 Å². The van der Waals surface area contributed by atoms with Gasteiger partial charge in [0.2, 0.25) is 17.7 Å². The maximum absolute atomic E-state index is 12.6. The van der Waals surface area contributed by atoms with E-state index in [2.05, 4.69) is 20.5 Å². The Balaban J connectivity index is 1.45. The fourth-order valence-corrected chi connectivity index (χ4v) is 8.75. The van der Waals surface area contributed by atoms with Crippen LogP contribution in [0.2, 0.25) is 0 Å². The number of phosphoric ester groups is 1. The Morgan fingerprint density at radius 2 is 0.797 bits per heavy atom. The van der Waals surface area contributed by atoms with Crippen molar-refractivity contribution in [3.05, 3.63) is 0 Å². The maximum atomic E-state index is 12.6. The van der Waals surface area contributed by atoms with Gasteiger partial charge in [0.15, 0.2) is 31.5 Å². The molecule has 0 unspecified atom stereocenters. The third-order valence-electron chi connectivity index (χ3n) is 11.7. The van der Waals surface area contributed by atoms with Crippen LogP contribution in [0.1, 0.15) is 20.8 Å². The van der Waals surface area contributed by atoms with Crippen molar-refractivity contribution in [3.8, 4) is 0 Å². The molecule has 0 aromatic heterocycles. The van der Waals surface area contributed by atoms with Crippen LogP contribution in [0.5, 0.6) is 0 Å². The minimum absolute atomic E-state index is 0.746. The molecule has 400 valence electrons. The summed E-state index contributed by atoms with van der Waals surface area (Å²) in [6.45, 7) is -2.05. The fraction of sp³-hybridized carbons (Fsp3) is 0.917. The average molecular weight is 1030 g/mol. The average Bonchev–Trinajstić information content (AvgIpc) is 3.28. The summed E-state index contributed by atoms with van der Waals surface area (Å²) in [6.07, 6.45) is -42.0. The van der Waals surface area contributed by atoms with Crippen LogP contribution in [-0.2, 0) is 66.1 Å². The molecule has 0 aliphatic carbocycles. The lowest BCUT2D eigenvalue weighted by atomic mass is 9.93. The molecule has 0 bridgehead atoms. The molecule has 5 saturated heterocycles. The molecule has 5 fully saturated rings. The highest BCUT2D eigenvalue weighted by atomic mass is 31.2. The molecule has 5 aliphatic rings. The van der Waals surface area contributed by atoms with Gasteiger partial charge in [-0.3, -0.25) is 18.9 Å². The Morgan fingerprint density at radius 3 is 1.26 bits per heavy atom. The second-order valence-corrected chi connectivity index (χ2v) is 18.0. The molecule has 33 heteroatoms. The number of rotatable bonds is 18. The molecule has 0 saturated carbocycles. The van der Waals surface area contributed by atoms with E-state index < -0.39 is 212 Å². The largest absolute Gasteiger partial charge is 0.469 e. The number of amides is 3. The number of carbonyl (C=O) groups is 3. The lowest BCUT2D eigenvalue weighted by Crippen LogP contribution is -2.71. The lowest BCUT2D eigenvalue weighted by molar-refractivity contribution is -0.379. The standard InChI is InChI=1S/C36H62N3O29P/c1-9(44)37-17-22(49)20(47)12(4-40)61-33(17)65-28-15(7-43)63-34(18(23(28)50)38-10(2)45)66-30-16(8-59-69(56,57)58)64-35(19(24(30)51)39-11(3)46)68-31-21(48)13(5-41)62-36(27(31)54)67-29-14(6-42)60-32(55)26(53)25(29)52/h12-36,40-43,47-55H,4-8H2,1-3H3,(H,37,44)(H,38,45)(H,39,46)(H2,56,57,58)/t12-,13-,14-,15-,16-,17-,18-,19-,20+,21-,22-,23-,24-,25-,26-,27+,28+,29-,30-,31+,32-,33-,34+,35+,36+/m1/s1. The first-order valence-electron chi connectivity index (χ1n) is 21.3. The third kappa shape index (κ3) is 13.6. The van der Waals surface area contributed by atoms with Gasteiger partial charge in [0, 0.05) is 20.8 Å². The number of hydrogen-bond donors (Lipinski definition) is 18. The quantitative estimate of drug-likeness (QED) is 0.0567. The van der Waals surface area contributed by atoms with Crippen LogP contribution in [0, 0.1) is 0 Å². The van der Waals surface area contributed by atoms with Crippen molar-refractivity contribution in [2.24, 2.45) is 0 Å². The Kier molecular flexibility index (Phi) is 20.5. The molecule has 32 nitrogen and oxygen atoms in total. The van der Waals surface area contributed by atoms with Crippen LogP contribution < -0.4 is 16.0 Å². The number of ether oxygens (including phenoxy) is 9. The monoisotopic (exact) mass is 1030 g/mol. The zero-order chi connectivity index (χ0) is 51.4. The van der Waals surface area contributed by atoms with Crippen molar-refractivity contribution in [2.75, 3.05) is 33.0 Å². The zero-order valence-corrected chi connectivity index (χ0v) is 37.7. The number of carbonyl (C=O) groups excluding carboxylic acids is 3. The molecule has 5 rings (SSSR count). The van der Waals surface area contributed by atoms with Crippen LogP contribution in [0.3, 0.4) is 0 Å². The van der Waals surface area contributed by atoms with Gasteiger partial charge in [-0.05, 0) is 0 Å². The van der Waals surface area contributed by atoms with Gasteiger partial charge in [-0.25, -0.2) is 4.57 Å². The SMILES string of the molecule is CC(=O)N[C@H]1[C@H](O[C@H]2[C@H](O)[C@@H](NC(C)=O)[C@H](O[C@@H]3[C@H](O)[C@H](O[C@H]4[C@H](O)[C@@H](O)[C@H](O)O[C@@H]4CO)O[C@H](CO)[C@H]3O)O[C@@H]2COP(=O)(O)O)O[C@H](CO)[C@H](O[C@H]2O[C@H](CO)[C@H](O)[C@H](O)[C@H]2NC(C)=O)[C@@H]1O. The molecule has 25 atom stereocenters. The molecule has 18 N–H and O–H groups in total. The van der Waals surface area contributed by atoms with Gasteiger partial charge in [0.1, 0.15) is 122 Å². The molecule has 5 aliphatic heterocycles. The van der Waals surface area contributed by atoms with E-state index >= 15 is 0 Å². The van der Waals surface area contributed by atoms with Crippen molar-refractivity contribution in [3.63, 3.8) is 0 Å². The van der Waals surface area contributed by atoms with E-state index in [0.717, 1.165) is 20.8 Å². The third-order valence-corrected chi connectivity index (χ3v) is 12.2. The molecule has 0 aromatic rings. The Morgan fingerprint density at radius 1 is 0.435 bits per heavy atom. The van der Waals surface area contributed by atoms with E-state index in [-0.39, 0.29) is 0 Å². The second-order valence-electron chi connectivity index (χ2n) is 16.8. The lowest BCUT2D eigenvalue weighted by Gasteiger charge is -2.51.